The van der Waals surface area contributed by atoms with Gasteiger partial charge in [0.15, 0.2) is 6.29 Å². The molecule has 19 heavy (non-hydrogen) atoms. The molecule has 1 aromatic heterocycles. The number of rotatable bonds is 2. The molecule has 98 valence electrons. The number of nitrogens with zero attached hydrogens (tertiary/aromatic N) is 2. The maximum atomic E-state index is 11.3. The molecule has 0 aliphatic carbocycles. The topological polar surface area (TPSA) is 33.2 Å². The minimum absolute atomic E-state index is 0.668. The van der Waals surface area contributed by atoms with Crippen LogP contribution in [0.15, 0.2) is 30.3 Å². The molecule has 3 heteroatoms. The number of para-hydroxylation sites is 1. The molecular weight excluding hydrogens is 236 g/mol. The normalized spacial score (nSPS) is 19.6. The summed E-state index contributed by atoms with van der Waals surface area (Å²) in [6.07, 6.45) is 3.36. The van der Waals surface area contributed by atoms with Crippen molar-refractivity contribution in [2.45, 2.75) is 19.8 Å². The summed E-state index contributed by atoms with van der Waals surface area (Å²) < 4.78 is 0. The highest BCUT2D eigenvalue weighted by molar-refractivity contribution is 5.91. The molecule has 0 spiro atoms. The second kappa shape index (κ2) is 5.00. The van der Waals surface area contributed by atoms with Crippen molar-refractivity contribution >= 4 is 23.0 Å². The zero-order chi connectivity index (χ0) is 13.2. The van der Waals surface area contributed by atoms with Gasteiger partial charge in [-0.25, -0.2) is 4.98 Å². The van der Waals surface area contributed by atoms with Crippen molar-refractivity contribution in [2.24, 2.45) is 5.92 Å². The quantitative estimate of drug-likeness (QED) is 0.771. The number of carbonyl (C=O) groups is 1. The fraction of sp³-hybridized carbons (Fsp3) is 0.375. The number of aromatic nitrogens is 1. The van der Waals surface area contributed by atoms with E-state index in [1.54, 1.807) is 0 Å². The minimum atomic E-state index is 0.668. The first-order valence-corrected chi connectivity index (χ1v) is 6.88. The third-order valence-corrected chi connectivity index (χ3v) is 3.82. The van der Waals surface area contributed by atoms with Crippen molar-refractivity contribution in [1.29, 1.82) is 0 Å². The van der Waals surface area contributed by atoms with Gasteiger partial charge in [-0.15, -0.1) is 0 Å². The smallest absolute Gasteiger partial charge is 0.153 e. The molecule has 0 saturated carbocycles. The molecule has 1 aliphatic rings. The Bertz CT molecular complexity index is 609. The first-order valence-electron chi connectivity index (χ1n) is 6.88. The van der Waals surface area contributed by atoms with Crippen LogP contribution in [0.3, 0.4) is 0 Å². The fourth-order valence-electron chi connectivity index (χ4n) is 2.84. The van der Waals surface area contributed by atoms with E-state index in [-0.39, 0.29) is 0 Å². The average Bonchev–Trinajstić information content (AvgIpc) is 2.46. The Hall–Kier alpha value is -1.90. The van der Waals surface area contributed by atoms with Crippen LogP contribution in [0.5, 0.6) is 0 Å². The van der Waals surface area contributed by atoms with Crippen molar-refractivity contribution in [1.82, 2.24) is 4.98 Å². The van der Waals surface area contributed by atoms with E-state index in [1.165, 1.54) is 12.8 Å². The highest BCUT2D eigenvalue weighted by Gasteiger charge is 2.20. The summed E-state index contributed by atoms with van der Waals surface area (Å²) in [6.45, 7) is 4.25. The zero-order valence-electron chi connectivity index (χ0n) is 11.2. The van der Waals surface area contributed by atoms with Crippen LogP contribution >= 0.6 is 0 Å². The number of pyridine rings is 1. The maximum Gasteiger partial charge on any atom is 0.153 e. The molecule has 2 heterocycles. The average molecular weight is 254 g/mol. The molecule has 1 saturated heterocycles. The lowest BCUT2D eigenvalue weighted by atomic mass is 10.00. The van der Waals surface area contributed by atoms with Gasteiger partial charge < -0.3 is 4.90 Å². The van der Waals surface area contributed by atoms with E-state index in [0.29, 0.717) is 11.5 Å². The summed E-state index contributed by atoms with van der Waals surface area (Å²) in [5.74, 6) is 1.52. The molecule has 1 aromatic carbocycles. The Morgan fingerprint density at radius 1 is 1.37 bits per heavy atom. The molecule has 3 nitrogen and oxygen atoms in total. The minimum Gasteiger partial charge on any atom is -0.356 e. The van der Waals surface area contributed by atoms with Crippen LogP contribution in [0.1, 0.15) is 30.1 Å². The Labute approximate surface area is 113 Å². The van der Waals surface area contributed by atoms with Crippen molar-refractivity contribution in [3.05, 3.63) is 35.9 Å². The summed E-state index contributed by atoms with van der Waals surface area (Å²) in [6, 6.07) is 9.91. The van der Waals surface area contributed by atoms with E-state index >= 15 is 0 Å². The van der Waals surface area contributed by atoms with Crippen molar-refractivity contribution in [2.75, 3.05) is 18.0 Å². The lowest BCUT2D eigenvalue weighted by Gasteiger charge is -2.32. The van der Waals surface area contributed by atoms with Crippen LogP contribution in [0.2, 0.25) is 0 Å². The van der Waals surface area contributed by atoms with Gasteiger partial charge in [0.05, 0.1) is 11.1 Å². The SMILES string of the molecule is C[C@H]1CCCN(c2nc3ccccc3cc2C=O)C1. The van der Waals surface area contributed by atoms with Crippen LogP contribution in [0, 0.1) is 5.92 Å². The Morgan fingerprint density at radius 2 is 2.21 bits per heavy atom. The molecule has 3 rings (SSSR count). The van der Waals surface area contributed by atoms with E-state index in [4.69, 9.17) is 4.98 Å². The molecule has 0 amide bonds. The molecule has 0 N–H and O–H groups in total. The lowest BCUT2D eigenvalue weighted by Crippen LogP contribution is -2.35. The highest BCUT2D eigenvalue weighted by Crippen LogP contribution is 2.26. The largest absolute Gasteiger partial charge is 0.356 e. The predicted molar refractivity (Wildman–Crippen MR) is 77.7 cm³/mol. The number of aldehydes is 1. The first kappa shape index (κ1) is 12.2. The van der Waals surface area contributed by atoms with Crippen LogP contribution in [-0.2, 0) is 0 Å². The van der Waals surface area contributed by atoms with Gasteiger partial charge in [0.25, 0.3) is 0 Å². The van der Waals surface area contributed by atoms with E-state index in [0.717, 1.165) is 36.1 Å². The third kappa shape index (κ3) is 2.33. The van der Waals surface area contributed by atoms with Crippen molar-refractivity contribution in [3.63, 3.8) is 0 Å². The Balaban J connectivity index is 2.08. The second-order valence-electron chi connectivity index (χ2n) is 5.41. The van der Waals surface area contributed by atoms with Crippen LogP contribution < -0.4 is 4.90 Å². The summed E-state index contributed by atoms with van der Waals surface area (Å²) in [4.78, 5) is 18.3. The van der Waals surface area contributed by atoms with Crippen LogP contribution in [-0.4, -0.2) is 24.4 Å². The summed E-state index contributed by atoms with van der Waals surface area (Å²) in [5, 5.41) is 1.03. The summed E-state index contributed by atoms with van der Waals surface area (Å²) >= 11 is 0. The van der Waals surface area contributed by atoms with Gasteiger partial charge in [0.2, 0.25) is 0 Å². The molecule has 2 aromatic rings. The molecule has 1 atom stereocenters. The second-order valence-corrected chi connectivity index (χ2v) is 5.41. The predicted octanol–water partition coefficient (Wildman–Crippen LogP) is 3.28. The third-order valence-electron chi connectivity index (χ3n) is 3.82. The van der Waals surface area contributed by atoms with Crippen LogP contribution in [0.25, 0.3) is 10.9 Å². The van der Waals surface area contributed by atoms with Gasteiger partial charge in [-0.3, -0.25) is 4.79 Å². The van der Waals surface area contributed by atoms with Crippen molar-refractivity contribution < 1.29 is 4.79 Å². The molecule has 0 radical (unpaired) electrons. The van der Waals surface area contributed by atoms with E-state index in [9.17, 15) is 4.79 Å². The van der Waals surface area contributed by atoms with Crippen molar-refractivity contribution in [3.8, 4) is 0 Å². The van der Waals surface area contributed by atoms with Gasteiger partial charge in [0.1, 0.15) is 5.82 Å². The Morgan fingerprint density at radius 3 is 3.00 bits per heavy atom. The molecule has 1 fully saturated rings. The van der Waals surface area contributed by atoms with Crippen LogP contribution in [0.4, 0.5) is 5.82 Å². The standard InChI is InChI=1S/C16H18N2O/c1-12-5-4-8-18(10-12)16-14(11-19)9-13-6-2-3-7-15(13)17-16/h2-3,6-7,9,11-12H,4-5,8,10H2,1H3/t12-/m0/s1. The van der Waals surface area contributed by atoms with Gasteiger partial charge in [-0.1, -0.05) is 25.1 Å². The number of hydrogen-bond acceptors (Lipinski definition) is 3. The molecular formula is C16H18N2O. The summed E-state index contributed by atoms with van der Waals surface area (Å²) in [7, 11) is 0. The molecule has 0 unspecified atom stereocenters. The monoisotopic (exact) mass is 254 g/mol. The van der Waals surface area contributed by atoms with Gasteiger partial charge in [-0.05, 0) is 30.9 Å². The first-order chi connectivity index (χ1) is 9.28. The maximum absolute atomic E-state index is 11.3. The number of piperidine rings is 1. The number of anilines is 1. The van der Waals surface area contributed by atoms with Gasteiger partial charge in [-0.2, -0.15) is 0 Å². The van der Waals surface area contributed by atoms with Gasteiger partial charge >= 0.3 is 0 Å². The number of hydrogen-bond donors (Lipinski definition) is 0. The van der Waals surface area contributed by atoms with E-state index in [2.05, 4.69) is 11.8 Å². The zero-order valence-corrected chi connectivity index (χ0v) is 11.2. The summed E-state index contributed by atoms with van der Waals surface area (Å²) in [5.41, 5.74) is 1.66. The highest BCUT2D eigenvalue weighted by atomic mass is 16.1. The molecule has 1 aliphatic heterocycles. The lowest BCUT2D eigenvalue weighted by molar-refractivity contribution is 0.112. The number of carbonyl (C=O) groups excluding carboxylic acids is 1. The van der Waals surface area contributed by atoms with E-state index < -0.39 is 0 Å². The number of fused-ring (bicyclic) bond motifs is 1. The molecule has 0 bridgehead atoms. The van der Waals surface area contributed by atoms with E-state index in [1.807, 2.05) is 30.3 Å². The number of benzene rings is 1. The Kier molecular flexibility index (Phi) is 3.20. The fourth-order valence-corrected chi connectivity index (χ4v) is 2.84. The van der Waals surface area contributed by atoms with Gasteiger partial charge in [0, 0.05) is 18.5 Å².